The van der Waals surface area contributed by atoms with Crippen molar-refractivity contribution in [3.63, 3.8) is 0 Å². The number of aromatic nitrogens is 2. The van der Waals surface area contributed by atoms with Gasteiger partial charge in [-0.05, 0) is 48.8 Å². The van der Waals surface area contributed by atoms with Crippen LogP contribution in [0, 0.1) is 0 Å². The monoisotopic (exact) mass is 438 g/mol. The van der Waals surface area contributed by atoms with Crippen molar-refractivity contribution in [2.45, 2.75) is 25.6 Å². The molecule has 0 unspecified atom stereocenters. The van der Waals surface area contributed by atoms with Gasteiger partial charge in [0, 0.05) is 32.9 Å². The molecule has 7 nitrogen and oxygen atoms in total. The zero-order chi connectivity index (χ0) is 22.8. The summed E-state index contributed by atoms with van der Waals surface area (Å²) >= 11 is 0. The molecule has 0 aliphatic heterocycles. The number of rotatable bonds is 13. The van der Waals surface area contributed by atoms with E-state index in [-0.39, 0.29) is 6.61 Å². The van der Waals surface area contributed by atoms with Gasteiger partial charge in [-0.1, -0.05) is 36.4 Å². The molecule has 1 aromatic heterocycles. The molecule has 1 heterocycles. The number of nitrogens with one attached hydrogen (secondary N) is 1. The van der Waals surface area contributed by atoms with Crippen LogP contribution < -0.4 is 14.8 Å². The van der Waals surface area contributed by atoms with E-state index in [1.54, 1.807) is 7.11 Å². The molecule has 1 atom stereocenters. The van der Waals surface area contributed by atoms with E-state index >= 15 is 0 Å². The van der Waals surface area contributed by atoms with Crippen molar-refractivity contribution in [2.75, 3.05) is 33.9 Å². The molecule has 0 amide bonds. The van der Waals surface area contributed by atoms with Gasteiger partial charge < -0.3 is 19.9 Å². The summed E-state index contributed by atoms with van der Waals surface area (Å²) in [6.07, 6.45) is 4.25. The summed E-state index contributed by atoms with van der Waals surface area (Å²) in [6.45, 7) is 3.09. The Labute approximate surface area is 190 Å². The SMILES string of the molecule is COc1ccc(CNCCc2cnn(C)c2)cc1OC[C@@H](O)CN(C)Cc1ccccc1. The number of aryl methyl sites for hydroxylation is 1. The third-order valence-corrected chi connectivity index (χ3v) is 5.15. The van der Waals surface area contributed by atoms with Crippen molar-refractivity contribution < 1.29 is 14.6 Å². The summed E-state index contributed by atoms with van der Waals surface area (Å²) in [6, 6.07) is 16.1. The van der Waals surface area contributed by atoms with Crippen molar-refractivity contribution in [1.29, 1.82) is 0 Å². The van der Waals surface area contributed by atoms with E-state index in [0.29, 0.717) is 18.0 Å². The Balaban J connectivity index is 1.45. The lowest BCUT2D eigenvalue weighted by Gasteiger charge is -2.21. The highest BCUT2D eigenvalue weighted by atomic mass is 16.5. The van der Waals surface area contributed by atoms with Crippen LogP contribution in [-0.2, 0) is 26.6 Å². The van der Waals surface area contributed by atoms with Gasteiger partial charge in [0.25, 0.3) is 0 Å². The summed E-state index contributed by atoms with van der Waals surface area (Å²) in [5.74, 6) is 1.30. The number of methoxy groups -OCH3 is 1. The maximum atomic E-state index is 10.4. The molecule has 32 heavy (non-hydrogen) atoms. The Morgan fingerprint density at radius 1 is 1.09 bits per heavy atom. The van der Waals surface area contributed by atoms with Crippen molar-refractivity contribution in [3.05, 3.63) is 77.6 Å². The molecule has 0 fully saturated rings. The highest BCUT2D eigenvalue weighted by Crippen LogP contribution is 2.28. The summed E-state index contributed by atoms with van der Waals surface area (Å²) in [7, 11) is 5.54. The Morgan fingerprint density at radius 3 is 2.62 bits per heavy atom. The quantitative estimate of drug-likeness (QED) is 0.400. The van der Waals surface area contributed by atoms with Gasteiger partial charge in [-0.2, -0.15) is 5.10 Å². The summed E-state index contributed by atoms with van der Waals surface area (Å²) in [5.41, 5.74) is 3.53. The van der Waals surface area contributed by atoms with E-state index in [4.69, 9.17) is 9.47 Å². The lowest BCUT2D eigenvalue weighted by Crippen LogP contribution is -2.32. The molecule has 0 aliphatic rings. The van der Waals surface area contributed by atoms with Crippen LogP contribution in [0.25, 0.3) is 0 Å². The fourth-order valence-electron chi connectivity index (χ4n) is 3.57. The van der Waals surface area contributed by atoms with Crippen LogP contribution in [0.5, 0.6) is 11.5 Å². The second kappa shape index (κ2) is 12.2. The molecule has 0 saturated carbocycles. The van der Waals surface area contributed by atoms with E-state index in [0.717, 1.165) is 31.6 Å². The Kier molecular flexibility index (Phi) is 9.10. The maximum absolute atomic E-state index is 10.4. The van der Waals surface area contributed by atoms with Crippen LogP contribution in [0.15, 0.2) is 60.9 Å². The standard InChI is InChI=1S/C25H34N4O3/c1-28(16-20-7-5-4-6-8-20)18-23(30)19-32-25-13-21(9-10-24(25)31-3)14-26-12-11-22-15-27-29(2)17-22/h4-10,13,15,17,23,26,30H,11-12,14,16,18-19H2,1-3H3/t23-/m0/s1. The van der Waals surface area contributed by atoms with Crippen LogP contribution in [0.2, 0.25) is 0 Å². The van der Waals surface area contributed by atoms with Crippen molar-refractivity contribution in [3.8, 4) is 11.5 Å². The normalized spacial score (nSPS) is 12.2. The van der Waals surface area contributed by atoms with Gasteiger partial charge in [-0.3, -0.25) is 9.58 Å². The van der Waals surface area contributed by atoms with Gasteiger partial charge in [0.15, 0.2) is 11.5 Å². The first-order chi connectivity index (χ1) is 15.5. The molecule has 0 saturated heterocycles. The lowest BCUT2D eigenvalue weighted by atomic mass is 10.2. The van der Waals surface area contributed by atoms with Crippen LogP contribution in [0.1, 0.15) is 16.7 Å². The predicted molar refractivity (Wildman–Crippen MR) is 126 cm³/mol. The molecule has 0 radical (unpaired) electrons. The number of hydrogen-bond donors (Lipinski definition) is 2. The molecule has 0 aliphatic carbocycles. The minimum absolute atomic E-state index is 0.202. The largest absolute Gasteiger partial charge is 0.493 e. The second-order valence-electron chi connectivity index (χ2n) is 8.08. The summed E-state index contributed by atoms with van der Waals surface area (Å²) in [5, 5.41) is 18.1. The number of aliphatic hydroxyl groups excluding tert-OH is 1. The summed E-state index contributed by atoms with van der Waals surface area (Å²) < 4.78 is 13.2. The van der Waals surface area contributed by atoms with Gasteiger partial charge in [0.2, 0.25) is 0 Å². The Morgan fingerprint density at radius 2 is 1.91 bits per heavy atom. The average Bonchev–Trinajstić information content (AvgIpc) is 3.21. The third kappa shape index (κ3) is 7.67. The van der Waals surface area contributed by atoms with Gasteiger partial charge in [0.05, 0.1) is 13.3 Å². The van der Waals surface area contributed by atoms with Crippen LogP contribution in [0.4, 0.5) is 0 Å². The minimum Gasteiger partial charge on any atom is -0.493 e. The topological polar surface area (TPSA) is 71.8 Å². The first-order valence-corrected chi connectivity index (χ1v) is 10.9. The predicted octanol–water partition coefficient (Wildman–Crippen LogP) is 2.63. The molecule has 172 valence electrons. The number of benzene rings is 2. The fraction of sp³-hybridized carbons (Fsp3) is 0.400. The molecule has 0 spiro atoms. The number of aliphatic hydroxyl groups is 1. The van der Waals surface area contributed by atoms with E-state index in [1.165, 1.54) is 11.1 Å². The van der Waals surface area contributed by atoms with E-state index in [1.807, 2.05) is 67.6 Å². The first-order valence-electron chi connectivity index (χ1n) is 10.9. The molecule has 3 aromatic rings. The van der Waals surface area contributed by atoms with Gasteiger partial charge in [-0.15, -0.1) is 0 Å². The molecule has 2 aromatic carbocycles. The number of ether oxygens (including phenoxy) is 2. The first kappa shape index (κ1) is 23.8. The van der Waals surface area contributed by atoms with E-state index in [2.05, 4.69) is 27.4 Å². The summed E-state index contributed by atoms with van der Waals surface area (Å²) in [4.78, 5) is 2.09. The van der Waals surface area contributed by atoms with E-state index < -0.39 is 6.10 Å². The molecular weight excluding hydrogens is 404 g/mol. The highest BCUT2D eigenvalue weighted by Gasteiger charge is 2.12. The fourth-order valence-corrected chi connectivity index (χ4v) is 3.57. The lowest BCUT2D eigenvalue weighted by molar-refractivity contribution is 0.0732. The van der Waals surface area contributed by atoms with Crippen molar-refractivity contribution in [1.82, 2.24) is 20.0 Å². The van der Waals surface area contributed by atoms with Gasteiger partial charge >= 0.3 is 0 Å². The number of nitrogens with zero attached hydrogens (tertiary/aromatic N) is 3. The van der Waals surface area contributed by atoms with E-state index in [9.17, 15) is 5.11 Å². The van der Waals surface area contributed by atoms with Crippen LogP contribution >= 0.6 is 0 Å². The second-order valence-corrected chi connectivity index (χ2v) is 8.08. The third-order valence-electron chi connectivity index (χ3n) is 5.15. The Hall–Kier alpha value is -2.87. The molecule has 3 rings (SSSR count). The average molecular weight is 439 g/mol. The molecular formula is C25H34N4O3. The number of likely N-dealkylation sites (N-methyl/N-ethyl adjacent to an activating group) is 1. The highest BCUT2D eigenvalue weighted by molar-refractivity contribution is 5.43. The minimum atomic E-state index is -0.602. The number of hydrogen-bond acceptors (Lipinski definition) is 6. The maximum Gasteiger partial charge on any atom is 0.161 e. The van der Waals surface area contributed by atoms with Crippen molar-refractivity contribution in [2.24, 2.45) is 7.05 Å². The molecule has 7 heteroatoms. The zero-order valence-electron chi connectivity index (χ0n) is 19.2. The smallest absolute Gasteiger partial charge is 0.161 e. The van der Waals surface area contributed by atoms with Crippen LogP contribution in [0.3, 0.4) is 0 Å². The van der Waals surface area contributed by atoms with Gasteiger partial charge in [0.1, 0.15) is 12.7 Å². The van der Waals surface area contributed by atoms with Crippen LogP contribution in [-0.4, -0.2) is 59.7 Å². The molecule has 2 N–H and O–H groups in total. The zero-order valence-corrected chi connectivity index (χ0v) is 19.2. The van der Waals surface area contributed by atoms with Gasteiger partial charge in [-0.25, -0.2) is 0 Å². The Bertz CT molecular complexity index is 945. The van der Waals surface area contributed by atoms with Crippen molar-refractivity contribution >= 4 is 0 Å². The molecule has 0 bridgehead atoms.